The summed E-state index contributed by atoms with van der Waals surface area (Å²) >= 11 is 0. The van der Waals surface area contributed by atoms with Crippen molar-refractivity contribution in [2.24, 2.45) is 0 Å². The number of rotatable bonds is 2. The quantitative estimate of drug-likeness (QED) is 0.743. The Balaban J connectivity index is 2.89. The van der Waals surface area contributed by atoms with Gasteiger partial charge in [0.05, 0.1) is 5.92 Å². The van der Waals surface area contributed by atoms with Gasteiger partial charge in [-0.1, -0.05) is 0 Å². The molecule has 94 valence electrons. The topological polar surface area (TPSA) is 26.3 Å². The first kappa shape index (κ1) is 13.6. The van der Waals surface area contributed by atoms with Crippen LogP contribution in [-0.4, -0.2) is 11.6 Å². The van der Waals surface area contributed by atoms with E-state index >= 15 is 0 Å². The van der Waals surface area contributed by atoms with Gasteiger partial charge in [0.15, 0.2) is 0 Å². The Kier molecular flexibility index (Phi) is 3.86. The smallest absolute Gasteiger partial charge is 0.313 e. The van der Waals surface area contributed by atoms with E-state index in [2.05, 4.69) is 0 Å². The fraction of sp³-hybridized carbons (Fsp3) is 0.462. The van der Waals surface area contributed by atoms with Crippen LogP contribution in [0, 0.1) is 11.6 Å². The standard InChI is InChI=1S/C13H16F2O2/c1-8(12(16)17-13(2,3)4)9-5-10(14)7-11(15)6-9/h5-8H,1-4H3. The normalized spacial score (nSPS) is 13.3. The molecule has 0 spiro atoms. The van der Waals surface area contributed by atoms with Gasteiger partial charge in [-0.25, -0.2) is 8.78 Å². The van der Waals surface area contributed by atoms with Gasteiger partial charge in [0.2, 0.25) is 0 Å². The van der Waals surface area contributed by atoms with Crippen LogP contribution in [0.15, 0.2) is 18.2 Å². The lowest BCUT2D eigenvalue weighted by Gasteiger charge is -2.22. The summed E-state index contributed by atoms with van der Waals surface area (Å²) in [5.74, 6) is -2.59. The van der Waals surface area contributed by atoms with E-state index in [1.165, 1.54) is 0 Å². The summed E-state index contributed by atoms with van der Waals surface area (Å²) in [4.78, 5) is 11.7. The van der Waals surface area contributed by atoms with Crippen molar-refractivity contribution in [3.63, 3.8) is 0 Å². The number of esters is 1. The molecule has 1 rings (SSSR count). The first-order chi connectivity index (χ1) is 7.69. The first-order valence-electron chi connectivity index (χ1n) is 5.38. The highest BCUT2D eigenvalue weighted by Crippen LogP contribution is 2.21. The van der Waals surface area contributed by atoms with E-state index in [0.717, 1.165) is 18.2 Å². The zero-order chi connectivity index (χ0) is 13.2. The van der Waals surface area contributed by atoms with Gasteiger partial charge in [0.25, 0.3) is 0 Å². The van der Waals surface area contributed by atoms with E-state index < -0.39 is 29.1 Å². The number of hydrogen-bond acceptors (Lipinski definition) is 2. The maximum atomic E-state index is 13.0. The molecule has 1 aromatic rings. The van der Waals surface area contributed by atoms with Crippen molar-refractivity contribution in [3.05, 3.63) is 35.4 Å². The zero-order valence-electron chi connectivity index (χ0n) is 10.4. The average molecular weight is 242 g/mol. The molecule has 0 bridgehead atoms. The van der Waals surface area contributed by atoms with Crippen LogP contribution in [0.3, 0.4) is 0 Å². The SMILES string of the molecule is CC(C(=O)OC(C)(C)C)c1cc(F)cc(F)c1. The van der Waals surface area contributed by atoms with Crippen LogP contribution >= 0.6 is 0 Å². The summed E-state index contributed by atoms with van der Waals surface area (Å²) in [6.07, 6.45) is 0. The van der Waals surface area contributed by atoms with Gasteiger partial charge in [-0.05, 0) is 45.4 Å². The monoisotopic (exact) mass is 242 g/mol. The van der Waals surface area contributed by atoms with Gasteiger partial charge >= 0.3 is 5.97 Å². The minimum atomic E-state index is -0.699. The Morgan fingerprint density at radius 3 is 2.06 bits per heavy atom. The highest BCUT2D eigenvalue weighted by atomic mass is 19.1. The predicted molar refractivity (Wildman–Crippen MR) is 60.6 cm³/mol. The molecule has 0 saturated heterocycles. The minimum Gasteiger partial charge on any atom is -0.460 e. The Bertz CT molecular complexity index is 402. The summed E-state index contributed by atoms with van der Waals surface area (Å²) in [7, 11) is 0. The molecule has 2 nitrogen and oxygen atoms in total. The van der Waals surface area contributed by atoms with E-state index in [0.29, 0.717) is 0 Å². The first-order valence-corrected chi connectivity index (χ1v) is 5.38. The summed E-state index contributed by atoms with van der Waals surface area (Å²) < 4.78 is 31.1. The van der Waals surface area contributed by atoms with Crippen LogP contribution in [0.4, 0.5) is 8.78 Å². The molecule has 0 aromatic heterocycles. The van der Waals surface area contributed by atoms with Crippen molar-refractivity contribution in [1.29, 1.82) is 0 Å². The maximum absolute atomic E-state index is 13.0. The van der Waals surface area contributed by atoms with Gasteiger partial charge < -0.3 is 4.74 Å². The molecule has 1 aromatic carbocycles. The fourth-order valence-corrected chi connectivity index (χ4v) is 1.35. The van der Waals surface area contributed by atoms with Crippen molar-refractivity contribution in [1.82, 2.24) is 0 Å². The Morgan fingerprint density at radius 2 is 1.65 bits per heavy atom. The highest BCUT2D eigenvalue weighted by molar-refractivity contribution is 5.78. The lowest BCUT2D eigenvalue weighted by Crippen LogP contribution is -2.26. The van der Waals surface area contributed by atoms with E-state index in [1.54, 1.807) is 27.7 Å². The van der Waals surface area contributed by atoms with Gasteiger partial charge in [-0.15, -0.1) is 0 Å². The van der Waals surface area contributed by atoms with E-state index in [1.807, 2.05) is 0 Å². The van der Waals surface area contributed by atoms with Crippen LogP contribution in [0.25, 0.3) is 0 Å². The molecular formula is C13H16F2O2. The molecule has 0 saturated carbocycles. The van der Waals surface area contributed by atoms with Crippen LogP contribution in [-0.2, 0) is 9.53 Å². The molecule has 1 atom stereocenters. The van der Waals surface area contributed by atoms with Crippen molar-refractivity contribution in [2.45, 2.75) is 39.2 Å². The lowest BCUT2D eigenvalue weighted by molar-refractivity contribution is -0.156. The third-order valence-corrected chi connectivity index (χ3v) is 2.15. The average Bonchev–Trinajstić information content (AvgIpc) is 2.12. The van der Waals surface area contributed by atoms with Gasteiger partial charge in [-0.2, -0.15) is 0 Å². The number of halogens is 2. The van der Waals surface area contributed by atoms with Crippen molar-refractivity contribution in [3.8, 4) is 0 Å². The fourth-order valence-electron chi connectivity index (χ4n) is 1.35. The molecule has 1 unspecified atom stereocenters. The maximum Gasteiger partial charge on any atom is 0.313 e. The molecule has 17 heavy (non-hydrogen) atoms. The van der Waals surface area contributed by atoms with Crippen molar-refractivity contribution < 1.29 is 18.3 Å². The van der Waals surface area contributed by atoms with Crippen molar-refractivity contribution in [2.75, 3.05) is 0 Å². The van der Waals surface area contributed by atoms with Crippen molar-refractivity contribution >= 4 is 5.97 Å². The number of hydrogen-bond donors (Lipinski definition) is 0. The number of carbonyl (C=O) groups excluding carboxylic acids is 1. The van der Waals surface area contributed by atoms with E-state index in [-0.39, 0.29) is 5.56 Å². The lowest BCUT2D eigenvalue weighted by atomic mass is 10.0. The van der Waals surface area contributed by atoms with E-state index in [9.17, 15) is 13.6 Å². The predicted octanol–water partition coefficient (Wildman–Crippen LogP) is 3.41. The molecule has 0 radical (unpaired) electrons. The minimum absolute atomic E-state index is 0.275. The molecular weight excluding hydrogens is 226 g/mol. The third-order valence-electron chi connectivity index (χ3n) is 2.15. The van der Waals surface area contributed by atoms with Crippen LogP contribution in [0.5, 0.6) is 0 Å². The molecule has 4 heteroatoms. The molecule has 0 N–H and O–H groups in total. The molecule has 0 heterocycles. The zero-order valence-corrected chi connectivity index (χ0v) is 10.4. The second-order valence-electron chi connectivity index (χ2n) is 4.96. The number of ether oxygens (including phenoxy) is 1. The van der Waals surface area contributed by atoms with Crippen LogP contribution in [0.1, 0.15) is 39.2 Å². The second-order valence-corrected chi connectivity index (χ2v) is 4.96. The molecule has 0 aliphatic carbocycles. The van der Waals surface area contributed by atoms with E-state index in [4.69, 9.17) is 4.74 Å². The number of benzene rings is 1. The van der Waals surface area contributed by atoms with Crippen LogP contribution in [0.2, 0.25) is 0 Å². The Morgan fingerprint density at radius 1 is 1.18 bits per heavy atom. The Hall–Kier alpha value is -1.45. The van der Waals surface area contributed by atoms with Crippen LogP contribution < -0.4 is 0 Å². The summed E-state index contributed by atoms with van der Waals surface area (Å²) in [6, 6.07) is 3.04. The molecule has 0 fully saturated rings. The molecule has 0 aliphatic rings. The largest absolute Gasteiger partial charge is 0.460 e. The number of carbonyl (C=O) groups is 1. The Labute approximate surface area is 99.6 Å². The van der Waals surface area contributed by atoms with Gasteiger partial charge in [0, 0.05) is 6.07 Å². The highest BCUT2D eigenvalue weighted by Gasteiger charge is 2.23. The van der Waals surface area contributed by atoms with Gasteiger partial charge in [-0.3, -0.25) is 4.79 Å². The molecule has 0 aliphatic heterocycles. The summed E-state index contributed by atoms with van der Waals surface area (Å²) in [5, 5.41) is 0. The summed E-state index contributed by atoms with van der Waals surface area (Å²) in [5.41, 5.74) is -0.339. The summed E-state index contributed by atoms with van der Waals surface area (Å²) in [6.45, 7) is 6.78. The second kappa shape index (κ2) is 4.82. The van der Waals surface area contributed by atoms with Gasteiger partial charge in [0.1, 0.15) is 17.2 Å². The molecule has 0 amide bonds. The third kappa shape index (κ3) is 4.13.